The predicted molar refractivity (Wildman–Crippen MR) is 100 cm³/mol. The van der Waals surface area contributed by atoms with E-state index < -0.39 is 0 Å². The van der Waals surface area contributed by atoms with Crippen LogP contribution in [0.4, 0.5) is 0 Å². The van der Waals surface area contributed by atoms with Gasteiger partial charge in [0, 0.05) is 0 Å². The monoisotopic (exact) mass is 302 g/mol. The molecule has 1 aromatic rings. The molecule has 22 heavy (non-hydrogen) atoms. The maximum atomic E-state index is 2.40. The van der Waals surface area contributed by atoms with Crippen molar-refractivity contribution in [2.75, 3.05) is 0 Å². The van der Waals surface area contributed by atoms with Crippen molar-refractivity contribution in [2.45, 2.75) is 91.4 Å². The maximum Gasteiger partial charge on any atom is -0.0253 e. The number of hydrogen-bond donors (Lipinski definition) is 0. The summed E-state index contributed by atoms with van der Waals surface area (Å²) in [4.78, 5) is 0. The van der Waals surface area contributed by atoms with Gasteiger partial charge in [-0.2, -0.15) is 0 Å². The van der Waals surface area contributed by atoms with E-state index >= 15 is 0 Å². The first-order chi connectivity index (χ1) is 10.7. The third-order valence-corrected chi connectivity index (χ3v) is 5.02. The number of unbranched alkanes of at least 4 members (excludes halogenated alkanes) is 6. The summed E-state index contributed by atoms with van der Waals surface area (Å²) in [6.07, 6.45) is 15.5. The Labute approximate surface area is 139 Å². The highest BCUT2D eigenvalue weighted by molar-refractivity contribution is 5.14. The molecule has 0 N–H and O–H groups in total. The van der Waals surface area contributed by atoms with Gasteiger partial charge >= 0.3 is 0 Å². The Hall–Kier alpha value is -0.780. The summed E-state index contributed by atoms with van der Waals surface area (Å²) in [6.45, 7) is 7.10. The molecule has 126 valence electrons. The van der Waals surface area contributed by atoms with E-state index in [0.717, 1.165) is 11.8 Å². The van der Waals surface area contributed by atoms with Crippen molar-refractivity contribution in [1.29, 1.82) is 0 Å². The molecule has 0 amide bonds. The van der Waals surface area contributed by atoms with Crippen LogP contribution >= 0.6 is 0 Å². The Morgan fingerprint density at radius 3 is 1.73 bits per heavy atom. The molecule has 0 heteroatoms. The first kappa shape index (κ1) is 19.3. The fourth-order valence-electron chi connectivity index (χ4n) is 3.19. The lowest BCUT2D eigenvalue weighted by molar-refractivity contribution is 0.460. The van der Waals surface area contributed by atoms with Crippen LogP contribution in [0.2, 0.25) is 0 Å². The van der Waals surface area contributed by atoms with E-state index in [2.05, 4.69) is 51.1 Å². The fraction of sp³-hybridized carbons (Fsp3) is 0.727. The van der Waals surface area contributed by atoms with Gasteiger partial charge in [0.05, 0.1) is 0 Å². The molecular formula is C22H38. The molecule has 0 aliphatic heterocycles. The highest BCUT2D eigenvalue weighted by Gasteiger charge is 2.03. The third-order valence-electron chi connectivity index (χ3n) is 5.02. The van der Waals surface area contributed by atoms with E-state index in [1.165, 1.54) is 76.2 Å². The fourth-order valence-corrected chi connectivity index (χ4v) is 3.19. The van der Waals surface area contributed by atoms with Gasteiger partial charge in [-0.05, 0) is 23.8 Å². The lowest BCUT2D eigenvalue weighted by atomic mass is 9.95. The Balaban J connectivity index is 1.89. The molecule has 0 aliphatic rings. The Morgan fingerprint density at radius 2 is 1.18 bits per heavy atom. The first-order valence-electron chi connectivity index (χ1n) is 9.76. The van der Waals surface area contributed by atoms with Crippen LogP contribution in [0.3, 0.4) is 0 Å². The minimum Gasteiger partial charge on any atom is -0.0651 e. The topological polar surface area (TPSA) is 0 Å². The summed E-state index contributed by atoms with van der Waals surface area (Å²) in [6, 6.07) is 10.9. The van der Waals surface area contributed by atoms with Crippen LogP contribution in [0.15, 0.2) is 30.3 Å². The van der Waals surface area contributed by atoms with E-state index in [1.807, 2.05) is 0 Å². The highest BCUT2D eigenvalue weighted by atomic mass is 14.1. The van der Waals surface area contributed by atoms with Crippen LogP contribution in [-0.4, -0.2) is 0 Å². The number of rotatable bonds is 13. The van der Waals surface area contributed by atoms with Crippen LogP contribution in [0.25, 0.3) is 0 Å². The average Bonchev–Trinajstić information content (AvgIpc) is 2.54. The summed E-state index contributed by atoms with van der Waals surface area (Å²) in [5.74, 6) is 1.77. The minimum atomic E-state index is 0.831. The van der Waals surface area contributed by atoms with Crippen molar-refractivity contribution in [3.05, 3.63) is 35.9 Å². The smallest absolute Gasteiger partial charge is 0.0253 e. The van der Waals surface area contributed by atoms with Gasteiger partial charge < -0.3 is 0 Å². The van der Waals surface area contributed by atoms with Crippen molar-refractivity contribution < 1.29 is 0 Å². The molecule has 0 spiro atoms. The summed E-state index contributed by atoms with van der Waals surface area (Å²) in [5.41, 5.74) is 1.50. The van der Waals surface area contributed by atoms with Crippen molar-refractivity contribution >= 4 is 0 Å². The molecular weight excluding hydrogens is 264 g/mol. The standard InChI is InChI=1S/C22H38/c1-4-20(2)15-11-8-6-5-7-9-12-16-21(3)19-22-17-13-10-14-18-22/h10,13-14,17-18,20-21H,4-9,11-12,15-16,19H2,1-3H3/t20-,21+/m0/s1. The van der Waals surface area contributed by atoms with Gasteiger partial charge in [0.15, 0.2) is 0 Å². The molecule has 2 atom stereocenters. The molecule has 0 bridgehead atoms. The normalized spacial score (nSPS) is 14.0. The molecule has 0 unspecified atom stereocenters. The van der Waals surface area contributed by atoms with Gasteiger partial charge in [-0.1, -0.05) is 115 Å². The van der Waals surface area contributed by atoms with E-state index in [4.69, 9.17) is 0 Å². The molecule has 0 aromatic heterocycles. The molecule has 0 heterocycles. The van der Waals surface area contributed by atoms with Crippen molar-refractivity contribution in [3.63, 3.8) is 0 Å². The predicted octanol–water partition coefficient (Wildman–Crippen LogP) is 7.42. The molecule has 0 fully saturated rings. The van der Waals surface area contributed by atoms with Gasteiger partial charge in [-0.15, -0.1) is 0 Å². The van der Waals surface area contributed by atoms with Gasteiger partial charge in [0.2, 0.25) is 0 Å². The lowest BCUT2D eigenvalue weighted by Gasteiger charge is -2.11. The summed E-state index contributed by atoms with van der Waals surface area (Å²) in [5, 5.41) is 0. The van der Waals surface area contributed by atoms with Crippen molar-refractivity contribution in [1.82, 2.24) is 0 Å². The van der Waals surface area contributed by atoms with Crippen LogP contribution < -0.4 is 0 Å². The summed E-state index contributed by atoms with van der Waals surface area (Å²) < 4.78 is 0. The Morgan fingerprint density at radius 1 is 0.682 bits per heavy atom. The zero-order chi connectivity index (χ0) is 16.0. The molecule has 0 saturated heterocycles. The van der Waals surface area contributed by atoms with Crippen molar-refractivity contribution in [2.24, 2.45) is 11.8 Å². The molecule has 0 saturated carbocycles. The number of benzene rings is 1. The van der Waals surface area contributed by atoms with Crippen LogP contribution in [0, 0.1) is 11.8 Å². The summed E-state index contributed by atoms with van der Waals surface area (Å²) >= 11 is 0. The van der Waals surface area contributed by atoms with E-state index in [9.17, 15) is 0 Å². The molecule has 0 nitrogen and oxygen atoms in total. The second kappa shape index (κ2) is 12.7. The second-order valence-corrected chi connectivity index (χ2v) is 7.36. The molecule has 1 rings (SSSR count). The van der Waals surface area contributed by atoms with Gasteiger partial charge in [0.1, 0.15) is 0 Å². The zero-order valence-corrected chi connectivity index (χ0v) is 15.3. The quantitative estimate of drug-likeness (QED) is 0.332. The van der Waals surface area contributed by atoms with Gasteiger partial charge in [-0.25, -0.2) is 0 Å². The second-order valence-electron chi connectivity index (χ2n) is 7.36. The Bertz CT molecular complexity index is 340. The van der Waals surface area contributed by atoms with Crippen LogP contribution in [-0.2, 0) is 6.42 Å². The zero-order valence-electron chi connectivity index (χ0n) is 15.3. The van der Waals surface area contributed by atoms with E-state index in [1.54, 1.807) is 0 Å². The number of hydrogen-bond acceptors (Lipinski definition) is 0. The van der Waals surface area contributed by atoms with E-state index in [0.29, 0.717) is 0 Å². The maximum absolute atomic E-state index is 2.40. The molecule has 1 aromatic carbocycles. The lowest BCUT2D eigenvalue weighted by Crippen LogP contribution is -1.99. The minimum absolute atomic E-state index is 0.831. The van der Waals surface area contributed by atoms with Crippen molar-refractivity contribution in [3.8, 4) is 0 Å². The highest BCUT2D eigenvalue weighted by Crippen LogP contribution is 2.17. The average molecular weight is 303 g/mol. The largest absolute Gasteiger partial charge is 0.0651 e. The third kappa shape index (κ3) is 10.0. The van der Waals surface area contributed by atoms with Gasteiger partial charge in [-0.3, -0.25) is 0 Å². The van der Waals surface area contributed by atoms with Crippen LogP contribution in [0.5, 0.6) is 0 Å². The first-order valence-corrected chi connectivity index (χ1v) is 9.76. The molecule has 0 radical (unpaired) electrons. The van der Waals surface area contributed by atoms with E-state index in [-0.39, 0.29) is 0 Å². The van der Waals surface area contributed by atoms with Gasteiger partial charge in [0.25, 0.3) is 0 Å². The summed E-state index contributed by atoms with van der Waals surface area (Å²) in [7, 11) is 0. The Kier molecular flexibility index (Phi) is 11.2. The SMILES string of the molecule is CC[C@H](C)CCCCCCCCC[C@@H](C)Cc1ccccc1. The van der Waals surface area contributed by atoms with Crippen LogP contribution in [0.1, 0.15) is 90.5 Å². The molecule has 0 aliphatic carbocycles.